The Bertz CT molecular complexity index is 993. The number of nitrogens with one attached hydrogen (secondary N) is 1. The van der Waals surface area contributed by atoms with Crippen LogP contribution in [0.4, 0.5) is 5.69 Å². The van der Waals surface area contributed by atoms with Crippen LogP contribution in [0.5, 0.6) is 0 Å². The van der Waals surface area contributed by atoms with E-state index in [9.17, 15) is 19.5 Å². The summed E-state index contributed by atoms with van der Waals surface area (Å²) in [5.41, 5.74) is 2.65. The van der Waals surface area contributed by atoms with E-state index < -0.39 is 28.7 Å². The molecule has 2 amide bonds. The average Bonchev–Trinajstić information content (AvgIpc) is 3.38. The van der Waals surface area contributed by atoms with Gasteiger partial charge in [0.05, 0.1) is 35.8 Å². The lowest BCUT2D eigenvalue weighted by Gasteiger charge is -2.40. The fourth-order valence-electron chi connectivity index (χ4n) is 6.68. The molecule has 7 atom stereocenters. The number of thioether (sulfide) groups is 1. The van der Waals surface area contributed by atoms with Crippen molar-refractivity contribution < 1.29 is 24.2 Å². The minimum Gasteiger partial charge on any atom is -0.466 e. The lowest BCUT2D eigenvalue weighted by atomic mass is 9.66. The van der Waals surface area contributed by atoms with Crippen molar-refractivity contribution in [2.45, 2.75) is 76.5 Å². The van der Waals surface area contributed by atoms with E-state index in [1.807, 2.05) is 45.9 Å². The first-order valence-corrected chi connectivity index (χ1v) is 13.6. The van der Waals surface area contributed by atoms with Gasteiger partial charge in [-0.05, 0) is 56.6 Å². The number of aliphatic hydroxyl groups excluding tert-OH is 1. The Balaban J connectivity index is 1.81. The van der Waals surface area contributed by atoms with E-state index in [0.717, 1.165) is 23.2 Å². The summed E-state index contributed by atoms with van der Waals surface area (Å²) >= 11 is 1.62. The van der Waals surface area contributed by atoms with Gasteiger partial charge in [0.1, 0.15) is 6.04 Å². The van der Waals surface area contributed by atoms with E-state index in [2.05, 4.69) is 12.2 Å². The Morgan fingerprint density at radius 1 is 1.29 bits per heavy atom. The van der Waals surface area contributed by atoms with Crippen molar-refractivity contribution in [3.8, 4) is 0 Å². The molecule has 3 unspecified atom stereocenters. The number of carbonyl (C=O) groups excluding carboxylic acids is 3. The maximum absolute atomic E-state index is 14.1. The highest BCUT2D eigenvalue weighted by molar-refractivity contribution is 8.02. The molecule has 0 saturated carbocycles. The summed E-state index contributed by atoms with van der Waals surface area (Å²) in [6.45, 7) is 11.9. The summed E-state index contributed by atoms with van der Waals surface area (Å²) in [5, 5.41) is 13.5. The van der Waals surface area contributed by atoms with Crippen molar-refractivity contribution in [1.29, 1.82) is 0 Å². The van der Waals surface area contributed by atoms with Crippen molar-refractivity contribution >= 4 is 35.2 Å². The topological polar surface area (TPSA) is 95.9 Å². The molecule has 1 spiro atoms. The zero-order valence-electron chi connectivity index (χ0n) is 21.5. The molecule has 0 aromatic heterocycles. The van der Waals surface area contributed by atoms with Crippen LogP contribution < -0.4 is 5.32 Å². The van der Waals surface area contributed by atoms with Gasteiger partial charge < -0.3 is 20.1 Å². The van der Waals surface area contributed by atoms with Crippen LogP contribution in [0.3, 0.4) is 0 Å². The Morgan fingerprint density at radius 2 is 1.94 bits per heavy atom. The van der Waals surface area contributed by atoms with E-state index in [1.54, 1.807) is 23.6 Å². The summed E-state index contributed by atoms with van der Waals surface area (Å²) in [6.07, 6.45) is 1.33. The number of benzene rings is 1. The second-order valence-electron chi connectivity index (χ2n) is 10.8. The number of likely N-dealkylation sites (tertiary alicyclic amines) is 1. The molecule has 2 bridgehead atoms. The van der Waals surface area contributed by atoms with E-state index in [0.29, 0.717) is 6.42 Å². The van der Waals surface area contributed by atoms with Crippen LogP contribution in [0, 0.1) is 37.5 Å². The first-order valence-electron chi connectivity index (χ1n) is 12.7. The van der Waals surface area contributed by atoms with Crippen molar-refractivity contribution in [2.75, 3.05) is 18.5 Å². The molecule has 3 heterocycles. The van der Waals surface area contributed by atoms with Gasteiger partial charge in [0.15, 0.2) is 0 Å². The molecule has 35 heavy (non-hydrogen) atoms. The molecular formula is C27H38N2O5S. The van der Waals surface area contributed by atoms with Crippen LogP contribution in [0.1, 0.15) is 51.7 Å². The molecule has 1 aromatic carbocycles. The number of para-hydroxylation sites is 1. The summed E-state index contributed by atoms with van der Waals surface area (Å²) in [4.78, 5) is 43.0. The highest BCUT2D eigenvalue weighted by Gasteiger charge is 2.76. The normalized spacial score (nSPS) is 32.2. The van der Waals surface area contributed by atoms with E-state index >= 15 is 0 Å². The van der Waals surface area contributed by atoms with E-state index in [4.69, 9.17) is 4.74 Å². The van der Waals surface area contributed by atoms with Crippen molar-refractivity contribution in [1.82, 2.24) is 4.90 Å². The highest BCUT2D eigenvalue weighted by atomic mass is 32.2. The summed E-state index contributed by atoms with van der Waals surface area (Å²) in [5.74, 6) is -1.71. The minimum atomic E-state index is -0.778. The number of esters is 1. The number of anilines is 1. The van der Waals surface area contributed by atoms with Crippen molar-refractivity contribution in [2.24, 2.45) is 23.7 Å². The van der Waals surface area contributed by atoms with Gasteiger partial charge >= 0.3 is 5.97 Å². The van der Waals surface area contributed by atoms with Crippen LogP contribution in [-0.2, 0) is 19.1 Å². The van der Waals surface area contributed by atoms with Gasteiger partial charge in [-0.1, -0.05) is 39.0 Å². The van der Waals surface area contributed by atoms with Gasteiger partial charge in [-0.25, -0.2) is 0 Å². The first-order chi connectivity index (χ1) is 16.6. The maximum Gasteiger partial charge on any atom is 0.310 e. The molecule has 3 aliphatic rings. The Labute approximate surface area is 212 Å². The van der Waals surface area contributed by atoms with E-state index in [-0.39, 0.29) is 48.1 Å². The fourth-order valence-corrected chi connectivity index (χ4v) is 9.08. The largest absolute Gasteiger partial charge is 0.466 e. The van der Waals surface area contributed by atoms with Crippen LogP contribution in [0.2, 0.25) is 0 Å². The molecule has 3 aliphatic heterocycles. The van der Waals surface area contributed by atoms with Gasteiger partial charge in [0.25, 0.3) is 0 Å². The zero-order chi connectivity index (χ0) is 25.7. The number of rotatable bonds is 8. The third-order valence-electron chi connectivity index (χ3n) is 8.07. The van der Waals surface area contributed by atoms with Gasteiger partial charge in [0, 0.05) is 10.9 Å². The molecular weight excluding hydrogens is 464 g/mol. The lowest BCUT2D eigenvalue weighted by Crippen LogP contribution is -2.57. The summed E-state index contributed by atoms with van der Waals surface area (Å²) in [7, 11) is 0. The van der Waals surface area contributed by atoms with Crippen LogP contribution >= 0.6 is 11.8 Å². The summed E-state index contributed by atoms with van der Waals surface area (Å²) < 4.78 is 4.67. The molecule has 3 saturated heterocycles. The smallest absolute Gasteiger partial charge is 0.310 e. The highest BCUT2D eigenvalue weighted by Crippen LogP contribution is 2.69. The predicted molar refractivity (Wildman–Crippen MR) is 137 cm³/mol. The standard InChI is InChI=1S/C27H38N2O5S/c1-7-34-26(33)20-19-12-17(6)27(35-19)21(20)25(32)29(18(13-30)11-14(2)3)23(27)24(31)28-22-15(4)9-8-10-16(22)5/h8-10,14,17-21,23,30H,7,11-13H2,1-6H3,(H,28,31)/t17?,18-,19-,20+,21+,23?,27?/m1/s1. The number of hydrogen-bond donors (Lipinski definition) is 2. The average molecular weight is 503 g/mol. The van der Waals surface area contributed by atoms with Crippen LogP contribution in [0.25, 0.3) is 0 Å². The molecule has 7 nitrogen and oxygen atoms in total. The van der Waals surface area contributed by atoms with Crippen molar-refractivity contribution in [3.05, 3.63) is 29.3 Å². The third kappa shape index (κ3) is 4.06. The number of amides is 2. The monoisotopic (exact) mass is 502 g/mol. The number of aryl methyl sites for hydroxylation is 2. The molecule has 0 radical (unpaired) electrons. The number of ether oxygens (including phenoxy) is 1. The number of hydrogen-bond acceptors (Lipinski definition) is 6. The Kier molecular flexibility index (Phi) is 7.26. The fraction of sp³-hybridized carbons (Fsp3) is 0.667. The molecule has 8 heteroatoms. The quantitative estimate of drug-likeness (QED) is 0.528. The minimum absolute atomic E-state index is 0.0478. The molecule has 3 fully saturated rings. The molecule has 0 aliphatic carbocycles. The molecule has 2 N–H and O–H groups in total. The van der Waals surface area contributed by atoms with E-state index in [1.165, 1.54) is 0 Å². The number of fused-ring (bicyclic) bond motifs is 1. The summed E-state index contributed by atoms with van der Waals surface area (Å²) in [6, 6.07) is 4.58. The third-order valence-corrected chi connectivity index (χ3v) is 10.1. The SMILES string of the molecule is CCOC(=O)[C@@H]1[C@H]2C(=O)N([C@@H](CO)CC(C)C)C(C(=O)Nc3c(C)cccc3C)C23S[C@@H]1CC3C. The number of carbonyl (C=O) groups is 3. The predicted octanol–water partition coefficient (Wildman–Crippen LogP) is 3.55. The van der Waals surface area contributed by atoms with Crippen LogP contribution in [0.15, 0.2) is 18.2 Å². The Hall–Kier alpha value is -2.06. The molecule has 1 aromatic rings. The second-order valence-corrected chi connectivity index (χ2v) is 12.3. The maximum atomic E-state index is 14.1. The van der Waals surface area contributed by atoms with Gasteiger partial charge in [-0.2, -0.15) is 0 Å². The van der Waals surface area contributed by atoms with Gasteiger partial charge in [-0.15, -0.1) is 11.8 Å². The van der Waals surface area contributed by atoms with Gasteiger partial charge in [-0.3, -0.25) is 14.4 Å². The number of nitrogens with zero attached hydrogens (tertiary/aromatic N) is 1. The molecule has 4 rings (SSSR count). The molecule has 192 valence electrons. The van der Waals surface area contributed by atoms with Crippen LogP contribution in [-0.4, -0.2) is 63.1 Å². The first kappa shape index (κ1) is 26.0. The Morgan fingerprint density at radius 3 is 2.51 bits per heavy atom. The number of aliphatic hydroxyl groups is 1. The zero-order valence-corrected chi connectivity index (χ0v) is 22.4. The van der Waals surface area contributed by atoms with Crippen molar-refractivity contribution in [3.63, 3.8) is 0 Å². The lowest BCUT2D eigenvalue weighted by molar-refractivity contribution is -0.154. The van der Waals surface area contributed by atoms with Gasteiger partial charge in [0.2, 0.25) is 11.8 Å². The second kappa shape index (κ2) is 9.77.